The summed E-state index contributed by atoms with van der Waals surface area (Å²) in [7, 11) is 0. The van der Waals surface area contributed by atoms with Crippen LogP contribution < -0.4 is 5.73 Å². The van der Waals surface area contributed by atoms with Gasteiger partial charge in [-0.25, -0.2) is 0 Å². The maximum Gasteiger partial charge on any atom is 0.227 e. The van der Waals surface area contributed by atoms with Crippen LogP contribution in [0.15, 0.2) is 0 Å². The topological polar surface area (TPSA) is 55.6 Å². The van der Waals surface area contributed by atoms with Crippen LogP contribution in [0, 0.1) is 17.8 Å². The Bertz CT molecular complexity index is 319. The van der Waals surface area contributed by atoms with E-state index in [2.05, 4.69) is 6.92 Å². The molecule has 1 saturated heterocycles. The van der Waals surface area contributed by atoms with E-state index < -0.39 is 0 Å². The lowest BCUT2D eigenvalue weighted by Gasteiger charge is -2.38. The van der Waals surface area contributed by atoms with Crippen LogP contribution in [-0.4, -0.2) is 42.6 Å². The van der Waals surface area contributed by atoms with Crippen LogP contribution in [0.4, 0.5) is 0 Å². The van der Waals surface area contributed by atoms with Gasteiger partial charge in [-0.15, -0.1) is 0 Å². The van der Waals surface area contributed by atoms with Gasteiger partial charge in [-0.3, -0.25) is 4.79 Å². The average molecular weight is 238 g/mol. The molecule has 0 aromatic carbocycles. The zero-order valence-electron chi connectivity index (χ0n) is 10.5. The summed E-state index contributed by atoms with van der Waals surface area (Å²) in [6.45, 7) is 4.14. The summed E-state index contributed by atoms with van der Waals surface area (Å²) in [6.07, 6.45) is 3.61. The minimum atomic E-state index is 0.0919. The summed E-state index contributed by atoms with van der Waals surface area (Å²) in [6, 6.07) is 0.318. The Hall–Kier alpha value is -0.610. The highest BCUT2D eigenvalue weighted by Crippen LogP contribution is 2.48. The van der Waals surface area contributed by atoms with Crippen molar-refractivity contribution in [3.05, 3.63) is 0 Å². The van der Waals surface area contributed by atoms with Crippen molar-refractivity contribution in [1.82, 2.24) is 4.90 Å². The molecule has 3 rings (SSSR count). The van der Waals surface area contributed by atoms with E-state index in [0.29, 0.717) is 31.0 Å². The summed E-state index contributed by atoms with van der Waals surface area (Å²) < 4.78 is 5.39. The molecular formula is C13H22N2O2. The quantitative estimate of drug-likeness (QED) is 0.728. The van der Waals surface area contributed by atoms with Crippen LogP contribution in [0.25, 0.3) is 0 Å². The molecule has 3 fully saturated rings. The number of morpholine rings is 1. The van der Waals surface area contributed by atoms with E-state index in [9.17, 15) is 4.79 Å². The smallest absolute Gasteiger partial charge is 0.227 e. The van der Waals surface area contributed by atoms with Gasteiger partial charge in [-0.05, 0) is 38.0 Å². The number of nitrogens with zero attached hydrogens (tertiary/aromatic N) is 1. The Morgan fingerprint density at radius 1 is 1.35 bits per heavy atom. The average Bonchev–Trinajstić information content (AvgIpc) is 2.89. The number of rotatable bonds is 1. The lowest BCUT2D eigenvalue weighted by Crippen LogP contribution is -2.53. The fourth-order valence-electron chi connectivity index (χ4n) is 3.95. The molecule has 96 valence electrons. The molecule has 2 N–H and O–H groups in total. The van der Waals surface area contributed by atoms with Gasteiger partial charge in [0.05, 0.1) is 25.2 Å². The lowest BCUT2D eigenvalue weighted by molar-refractivity contribution is -0.145. The molecule has 2 saturated carbocycles. The van der Waals surface area contributed by atoms with Crippen molar-refractivity contribution in [2.45, 2.75) is 38.3 Å². The molecule has 0 aromatic heterocycles. The maximum atomic E-state index is 12.6. The minimum absolute atomic E-state index is 0.0919. The number of fused-ring (bicyclic) bond motifs is 2. The minimum Gasteiger partial charge on any atom is -0.377 e. The van der Waals surface area contributed by atoms with Crippen molar-refractivity contribution < 1.29 is 9.53 Å². The Morgan fingerprint density at radius 3 is 2.76 bits per heavy atom. The lowest BCUT2D eigenvalue weighted by atomic mass is 9.83. The molecule has 2 bridgehead atoms. The van der Waals surface area contributed by atoms with Crippen molar-refractivity contribution in [3.8, 4) is 0 Å². The van der Waals surface area contributed by atoms with Gasteiger partial charge >= 0.3 is 0 Å². The van der Waals surface area contributed by atoms with Gasteiger partial charge < -0.3 is 15.4 Å². The van der Waals surface area contributed by atoms with Crippen molar-refractivity contribution in [1.29, 1.82) is 0 Å². The molecule has 1 heterocycles. The molecule has 1 amide bonds. The van der Waals surface area contributed by atoms with E-state index in [1.807, 2.05) is 4.90 Å². The number of carbonyl (C=O) groups is 1. The Labute approximate surface area is 102 Å². The van der Waals surface area contributed by atoms with Crippen molar-refractivity contribution in [2.24, 2.45) is 23.5 Å². The van der Waals surface area contributed by atoms with Crippen LogP contribution in [-0.2, 0) is 9.53 Å². The van der Waals surface area contributed by atoms with E-state index in [-0.39, 0.29) is 18.0 Å². The molecule has 3 aliphatic rings. The number of nitrogens with two attached hydrogens (primary N) is 1. The van der Waals surface area contributed by atoms with Gasteiger partial charge in [0.2, 0.25) is 5.91 Å². The third-order valence-corrected chi connectivity index (χ3v) is 4.92. The predicted octanol–water partition coefficient (Wildman–Crippen LogP) is 0.607. The van der Waals surface area contributed by atoms with E-state index in [1.165, 1.54) is 19.3 Å². The number of hydrogen-bond acceptors (Lipinski definition) is 3. The molecule has 17 heavy (non-hydrogen) atoms. The van der Waals surface area contributed by atoms with Crippen LogP contribution in [0.5, 0.6) is 0 Å². The van der Waals surface area contributed by atoms with E-state index in [0.717, 1.165) is 6.54 Å². The molecule has 4 nitrogen and oxygen atoms in total. The SMILES string of the molecule is CC1COCCN1C(=O)C1C2CCC(C2)C1N. The highest BCUT2D eigenvalue weighted by Gasteiger charge is 2.50. The summed E-state index contributed by atoms with van der Waals surface area (Å²) >= 11 is 0. The maximum absolute atomic E-state index is 12.6. The van der Waals surface area contributed by atoms with Crippen LogP contribution in [0.3, 0.4) is 0 Å². The number of carbonyl (C=O) groups excluding carboxylic acids is 1. The first kappa shape index (κ1) is 11.5. The third kappa shape index (κ3) is 1.78. The molecule has 0 aromatic rings. The summed E-state index contributed by atoms with van der Waals surface area (Å²) in [5.41, 5.74) is 6.24. The molecule has 4 heteroatoms. The summed E-state index contributed by atoms with van der Waals surface area (Å²) in [5, 5.41) is 0. The second kappa shape index (κ2) is 4.25. The fraction of sp³-hybridized carbons (Fsp3) is 0.923. The van der Waals surface area contributed by atoms with Crippen molar-refractivity contribution in [3.63, 3.8) is 0 Å². The zero-order chi connectivity index (χ0) is 12.0. The first-order valence-corrected chi connectivity index (χ1v) is 6.82. The first-order chi connectivity index (χ1) is 8.18. The predicted molar refractivity (Wildman–Crippen MR) is 64.3 cm³/mol. The highest BCUT2D eigenvalue weighted by molar-refractivity contribution is 5.81. The fourth-order valence-corrected chi connectivity index (χ4v) is 3.95. The Balaban J connectivity index is 1.73. The van der Waals surface area contributed by atoms with Crippen molar-refractivity contribution in [2.75, 3.05) is 19.8 Å². The van der Waals surface area contributed by atoms with Gasteiger partial charge in [0.15, 0.2) is 0 Å². The van der Waals surface area contributed by atoms with E-state index >= 15 is 0 Å². The van der Waals surface area contributed by atoms with Gasteiger partial charge in [0.25, 0.3) is 0 Å². The molecule has 1 aliphatic heterocycles. The highest BCUT2D eigenvalue weighted by atomic mass is 16.5. The van der Waals surface area contributed by atoms with Crippen LogP contribution in [0.2, 0.25) is 0 Å². The summed E-state index contributed by atoms with van der Waals surface area (Å²) in [4.78, 5) is 14.6. The summed E-state index contributed by atoms with van der Waals surface area (Å²) in [5.74, 6) is 1.54. The second-order valence-electron chi connectivity index (χ2n) is 5.89. The largest absolute Gasteiger partial charge is 0.377 e. The Morgan fingerprint density at radius 2 is 2.12 bits per heavy atom. The number of ether oxygens (including phenoxy) is 1. The second-order valence-corrected chi connectivity index (χ2v) is 5.89. The molecule has 2 aliphatic carbocycles. The van der Waals surface area contributed by atoms with Gasteiger partial charge in [0, 0.05) is 12.6 Å². The molecule has 0 spiro atoms. The Kier molecular flexibility index (Phi) is 2.87. The van der Waals surface area contributed by atoms with Gasteiger partial charge in [-0.1, -0.05) is 0 Å². The van der Waals surface area contributed by atoms with Gasteiger partial charge in [-0.2, -0.15) is 0 Å². The standard InChI is InChI=1S/C13H22N2O2/c1-8-7-17-5-4-15(8)13(16)11-9-2-3-10(6-9)12(11)14/h8-12H,2-7,14H2,1H3. The van der Waals surface area contributed by atoms with Gasteiger partial charge in [0.1, 0.15) is 0 Å². The number of amides is 1. The monoisotopic (exact) mass is 238 g/mol. The molecular weight excluding hydrogens is 216 g/mol. The normalized spacial score (nSPS) is 45.3. The molecule has 0 radical (unpaired) electrons. The zero-order valence-corrected chi connectivity index (χ0v) is 10.5. The van der Waals surface area contributed by atoms with E-state index in [4.69, 9.17) is 10.5 Å². The van der Waals surface area contributed by atoms with Crippen molar-refractivity contribution >= 4 is 5.91 Å². The molecule has 5 atom stereocenters. The first-order valence-electron chi connectivity index (χ1n) is 6.82. The third-order valence-electron chi connectivity index (χ3n) is 4.92. The number of hydrogen-bond donors (Lipinski definition) is 1. The van der Waals surface area contributed by atoms with Crippen LogP contribution >= 0.6 is 0 Å². The molecule has 5 unspecified atom stereocenters. The van der Waals surface area contributed by atoms with Crippen LogP contribution in [0.1, 0.15) is 26.2 Å². The van der Waals surface area contributed by atoms with E-state index in [1.54, 1.807) is 0 Å².